The van der Waals surface area contributed by atoms with Gasteiger partial charge in [-0.2, -0.15) is 4.98 Å². The Hall–Kier alpha value is -2.58. The third-order valence-corrected chi connectivity index (χ3v) is 5.71. The van der Waals surface area contributed by atoms with Gasteiger partial charge in [0.2, 0.25) is 11.7 Å². The first kappa shape index (κ1) is 17.8. The van der Waals surface area contributed by atoms with E-state index >= 15 is 0 Å². The van der Waals surface area contributed by atoms with Crippen LogP contribution in [0.3, 0.4) is 0 Å². The van der Waals surface area contributed by atoms with Gasteiger partial charge in [0.05, 0.1) is 11.4 Å². The van der Waals surface area contributed by atoms with E-state index in [0.29, 0.717) is 30.0 Å². The van der Waals surface area contributed by atoms with E-state index in [0.717, 1.165) is 30.8 Å². The molecule has 3 aromatic rings. The standard InChI is InChI=1S/C19H21N5O2S/c1-23(13-17-21-18(22-26-17)15-5-2-3-9-20-15)14-7-10-24(11-8-14)19(25)16-6-4-12-27-16/h2-6,9,12,14H,7-8,10-11,13H2,1H3. The molecule has 3 aromatic heterocycles. The van der Waals surface area contributed by atoms with Crippen LogP contribution < -0.4 is 0 Å². The third kappa shape index (κ3) is 4.06. The molecule has 0 aliphatic carbocycles. The van der Waals surface area contributed by atoms with Crippen molar-refractivity contribution >= 4 is 17.2 Å². The van der Waals surface area contributed by atoms with Gasteiger partial charge < -0.3 is 9.42 Å². The van der Waals surface area contributed by atoms with Crippen LogP contribution in [0.1, 0.15) is 28.4 Å². The molecule has 0 aromatic carbocycles. The summed E-state index contributed by atoms with van der Waals surface area (Å²) in [6.07, 6.45) is 3.59. The van der Waals surface area contributed by atoms with Gasteiger partial charge in [-0.3, -0.25) is 14.7 Å². The highest BCUT2D eigenvalue weighted by atomic mass is 32.1. The smallest absolute Gasteiger partial charge is 0.263 e. The van der Waals surface area contributed by atoms with Crippen molar-refractivity contribution in [3.05, 3.63) is 52.7 Å². The van der Waals surface area contributed by atoms with E-state index < -0.39 is 0 Å². The summed E-state index contributed by atoms with van der Waals surface area (Å²) in [4.78, 5) is 26.1. The Kier molecular flexibility index (Phi) is 5.26. The lowest BCUT2D eigenvalue weighted by Gasteiger charge is -2.36. The van der Waals surface area contributed by atoms with E-state index in [4.69, 9.17) is 4.52 Å². The second kappa shape index (κ2) is 7.98. The predicted octanol–water partition coefficient (Wildman–Crippen LogP) is 2.93. The van der Waals surface area contributed by atoms with Crippen LogP contribution in [0.4, 0.5) is 0 Å². The molecule has 1 fully saturated rings. The zero-order valence-corrected chi connectivity index (χ0v) is 15.9. The number of carbonyl (C=O) groups is 1. The molecule has 7 nitrogen and oxygen atoms in total. The summed E-state index contributed by atoms with van der Waals surface area (Å²) >= 11 is 1.50. The van der Waals surface area contributed by atoms with Gasteiger partial charge in [-0.05, 0) is 43.5 Å². The summed E-state index contributed by atoms with van der Waals surface area (Å²) < 4.78 is 5.38. The van der Waals surface area contributed by atoms with Gasteiger partial charge in [0.15, 0.2) is 0 Å². The number of hydrogen-bond acceptors (Lipinski definition) is 7. The van der Waals surface area contributed by atoms with E-state index in [1.807, 2.05) is 40.6 Å². The van der Waals surface area contributed by atoms with E-state index in [1.54, 1.807) is 6.20 Å². The summed E-state index contributed by atoms with van der Waals surface area (Å²) in [6.45, 7) is 2.13. The average molecular weight is 383 g/mol. The predicted molar refractivity (Wildman–Crippen MR) is 102 cm³/mol. The SMILES string of the molecule is CN(Cc1nc(-c2ccccn2)no1)C1CCN(C(=O)c2cccs2)CC1. The van der Waals surface area contributed by atoms with E-state index in [-0.39, 0.29) is 5.91 Å². The molecule has 0 atom stereocenters. The summed E-state index contributed by atoms with van der Waals surface area (Å²) in [7, 11) is 2.06. The Morgan fingerprint density at radius 3 is 2.85 bits per heavy atom. The second-order valence-corrected chi connectivity index (χ2v) is 7.59. The number of piperidine rings is 1. The van der Waals surface area contributed by atoms with Crippen LogP contribution in [-0.2, 0) is 6.54 Å². The number of nitrogens with zero attached hydrogens (tertiary/aromatic N) is 5. The molecule has 1 aliphatic rings. The molecule has 0 spiro atoms. The number of pyridine rings is 1. The van der Waals surface area contributed by atoms with Crippen molar-refractivity contribution in [2.24, 2.45) is 0 Å². The molecule has 140 valence electrons. The molecule has 1 amide bonds. The van der Waals surface area contributed by atoms with Crippen LogP contribution in [0.2, 0.25) is 0 Å². The van der Waals surface area contributed by atoms with E-state index in [9.17, 15) is 4.79 Å². The molecule has 0 radical (unpaired) electrons. The van der Waals surface area contributed by atoms with Gasteiger partial charge in [-0.25, -0.2) is 0 Å². The molecule has 0 unspecified atom stereocenters. The van der Waals surface area contributed by atoms with Crippen molar-refractivity contribution in [2.75, 3.05) is 20.1 Å². The Balaban J connectivity index is 1.32. The zero-order chi connectivity index (χ0) is 18.6. The van der Waals surface area contributed by atoms with Gasteiger partial charge >= 0.3 is 0 Å². The quantitative estimate of drug-likeness (QED) is 0.674. The lowest BCUT2D eigenvalue weighted by Crippen LogP contribution is -2.45. The summed E-state index contributed by atoms with van der Waals surface area (Å²) in [6, 6.07) is 9.81. The van der Waals surface area contributed by atoms with E-state index in [2.05, 4.69) is 27.1 Å². The number of likely N-dealkylation sites (tertiary alicyclic amines) is 1. The maximum Gasteiger partial charge on any atom is 0.263 e. The van der Waals surface area contributed by atoms with Crippen LogP contribution in [0.25, 0.3) is 11.5 Å². The Labute approximate surface area is 161 Å². The maximum absolute atomic E-state index is 12.4. The average Bonchev–Trinajstić information content (AvgIpc) is 3.40. The van der Waals surface area contributed by atoms with Gasteiger partial charge in [0.1, 0.15) is 5.69 Å². The monoisotopic (exact) mass is 383 g/mol. The van der Waals surface area contributed by atoms with Gasteiger partial charge in [-0.15, -0.1) is 11.3 Å². The van der Waals surface area contributed by atoms with Crippen LogP contribution >= 0.6 is 11.3 Å². The van der Waals surface area contributed by atoms with Crippen molar-refractivity contribution in [2.45, 2.75) is 25.4 Å². The van der Waals surface area contributed by atoms with Crippen LogP contribution in [0.5, 0.6) is 0 Å². The first-order valence-corrected chi connectivity index (χ1v) is 9.85. The van der Waals surface area contributed by atoms with Crippen molar-refractivity contribution in [1.82, 2.24) is 24.9 Å². The van der Waals surface area contributed by atoms with Crippen LogP contribution in [0.15, 0.2) is 46.4 Å². The Morgan fingerprint density at radius 1 is 1.30 bits per heavy atom. The van der Waals surface area contributed by atoms with Crippen molar-refractivity contribution in [1.29, 1.82) is 0 Å². The van der Waals surface area contributed by atoms with Crippen molar-refractivity contribution in [3.8, 4) is 11.5 Å². The fraction of sp³-hybridized carbons (Fsp3) is 0.368. The Morgan fingerprint density at radius 2 is 2.15 bits per heavy atom. The fourth-order valence-corrected chi connectivity index (χ4v) is 4.02. The van der Waals surface area contributed by atoms with E-state index in [1.165, 1.54) is 11.3 Å². The fourth-order valence-electron chi connectivity index (χ4n) is 3.33. The zero-order valence-electron chi connectivity index (χ0n) is 15.1. The van der Waals surface area contributed by atoms with Crippen molar-refractivity contribution in [3.63, 3.8) is 0 Å². The molecule has 0 N–H and O–H groups in total. The first-order chi connectivity index (χ1) is 13.2. The number of thiophene rings is 1. The van der Waals surface area contributed by atoms with Crippen molar-refractivity contribution < 1.29 is 9.32 Å². The normalized spacial score (nSPS) is 15.4. The molecule has 27 heavy (non-hydrogen) atoms. The second-order valence-electron chi connectivity index (χ2n) is 6.64. The van der Waals surface area contributed by atoms with Gasteiger partial charge in [-0.1, -0.05) is 17.3 Å². The number of hydrogen-bond donors (Lipinski definition) is 0. The summed E-state index contributed by atoms with van der Waals surface area (Å²) in [5.41, 5.74) is 0.704. The highest BCUT2D eigenvalue weighted by Crippen LogP contribution is 2.21. The topological polar surface area (TPSA) is 75.4 Å². The molecule has 4 rings (SSSR count). The van der Waals surface area contributed by atoms with Gasteiger partial charge in [0.25, 0.3) is 5.91 Å². The number of rotatable bonds is 5. The minimum Gasteiger partial charge on any atom is -0.338 e. The lowest BCUT2D eigenvalue weighted by molar-refractivity contribution is 0.0634. The summed E-state index contributed by atoms with van der Waals surface area (Å²) in [5.74, 6) is 1.23. The lowest BCUT2D eigenvalue weighted by atomic mass is 10.0. The molecule has 1 saturated heterocycles. The molecule has 0 saturated carbocycles. The number of carbonyl (C=O) groups excluding carboxylic acids is 1. The first-order valence-electron chi connectivity index (χ1n) is 8.98. The maximum atomic E-state index is 12.4. The number of aromatic nitrogens is 3. The molecule has 4 heterocycles. The third-order valence-electron chi connectivity index (χ3n) is 4.85. The largest absolute Gasteiger partial charge is 0.338 e. The minimum atomic E-state index is 0.142. The molecule has 8 heteroatoms. The van der Waals surface area contributed by atoms with Gasteiger partial charge in [0, 0.05) is 25.3 Å². The van der Waals surface area contributed by atoms with Crippen LogP contribution in [0, 0.1) is 0 Å². The minimum absolute atomic E-state index is 0.142. The summed E-state index contributed by atoms with van der Waals surface area (Å²) in [5, 5.41) is 5.96. The Bertz CT molecular complexity index is 873. The molecule has 0 bridgehead atoms. The molecular formula is C19H21N5O2S. The molecule has 1 aliphatic heterocycles. The van der Waals surface area contributed by atoms with Crippen LogP contribution in [-0.4, -0.2) is 57.0 Å². The molecular weight excluding hydrogens is 362 g/mol. The number of amides is 1. The highest BCUT2D eigenvalue weighted by molar-refractivity contribution is 7.12. The highest BCUT2D eigenvalue weighted by Gasteiger charge is 2.27.